The van der Waals surface area contributed by atoms with Crippen LogP contribution in [-0.4, -0.2) is 43.9 Å². The highest BCUT2D eigenvalue weighted by Gasteiger charge is 2.38. The summed E-state index contributed by atoms with van der Waals surface area (Å²) in [7, 11) is -4.94. The zero-order chi connectivity index (χ0) is 23.9. The van der Waals surface area contributed by atoms with Gasteiger partial charge in [0.25, 0.3) is 0 Å². The Hall–Kier alpha value is -2.57. The molecule has 3 aromatic rings. The number of hydrogen-bond donors (Lipinski definition) is 0. The van der Waals surface area contributed by atoms with Gasteiger partial charge < -0.3 is 4.90 Å². The summed E-state index contributed by atoms with van der Waals surface area (Å²) in [5.41, 5.74) is 3.12. The maximum Gasteiger partial charge on any atom is 0.249 e. The first kappa shape index (κ1) is 23.6. The molecule has 176 valence electrons. The van der Waals surface area contributed by atoms with Gasteiger partial charge in [0.05, 0.1) is 5.69 Å². The van der Waals surface area contributed by atoms with E-state index in [0.717, 1.165) is 16.8 Å². The highest BCUT2D eigenvalue weighted by molar-refractivity contribution is 7.89. The van der Waals surface area contributed by atoms with Crippen molar-refractivity contribution in [1.82, 2.24) is 9.29 Å². The number of rotatable bonds is 5. The zero-order valence-electron chi connectivity index (χ0n) is 17.3. The van der Waals surface area contributed by atoms with E-state index in [4.69, 9.17) is 0 Å². The molecule has 1 aliphatic rings. The number of piperazine rings is 1. The number of benzene rings is 2. The van der Waals surface area contributed by atoms with Crippen LogP contribution in [0.25, 0.3) is 0 Å². The van der Waals surface area contributed by atoms with Crippen molar-refractivity contribution in [3.8, 4) is 0 Å². The zero-order valence-corrected chi connectivity index (χ0v) is 18.9. The van der Waals surface area contributed by atoms with Gasteiger partial charge in [-0.15, -0.1) is 11.3 Å². The molecule has 1 aliphatic heterocycles. The molecule has 0 saturated carbocycles. The molecule has 0 spiro atoms. The summed E-state index contributed by atoms with van der Waals surface area (Å²) in [6.07, 6.45) is 0.637. The van der Waals surface area contributed by atoms with Crippen molar-refractivity contribution in [2.45, 2.75) is 18.2 Å². The third-order valence-corrected chi connectivity index (χ3v) is 8.32. The first-order chi connectivity index (χ1) is 15.6. The lowest BCUT2D eigenvalue weighted by Gasteiger charge is -2.33. The van der Waals surface area contributed by atoms with E-state index in [1.165, 1.54) is 11.3 Å². The molecule has 0 aliphatic carbocycles. The molecule has 12 heteroatoms. The summed E-state index contributed by atoms with van der Waals surface area (Å²) in [6, 6.07) is 7.91. The molecule has 2 heterocycles. The molecule has 33 heavy (non-hydrogen) atoms. The molecule has 1 saturated heterocycles. The van der Waals surface area contributed by atoms with Crippen molar-refractivity contribution in [1.29, 1.82) is 0 Å². The predicted octanol–water partition coefficient (Wildman–Crippen LogP) is 4.25. The SMILES string of the molecule is Cc1ccccc1Cc1csc(N2CCN(S(=O)(=O)c3c(F)c(F)c(F)c(F)c3F)CC2)n1. The third-order valence-electron chi connectivity index (χ3n) is 5.45. The first-order valence-electron chi connectivity index (χ1n) is 9.86. The molecule has 5 nitrogen and oxygen atoms in total. The highest BCUT2D eigenvalue weighted by Crippen LogP contribution is 2.30. The number of aromatic nitrogens is 1. The van der Waals surface area contributed by atoms with Crippen LogP contribution in [-0.2, 0) is 16.4 Å². The van der Waals surface area contributed by atoms with Crippen molar-refractivity contribution in [3.63, 3.8) is 0 Å². The lowest BCUT2D eigenvalue weighted by molar-refractivity contribution is 0.344. The van der Waals surface area contributed by atoms with Gasteiger partial charge in [0.15, 0.2) is 33.3 Å². The maximum absolute atomic E-state index is 14.1. The second kappa shape index (κ2) is 8.99. The third kappa shape index (κ3) is 4.34. The minimum Gasteiger partial charge on any atom is -0.345 e. The van der Waals surface area contributed by atoms with Crippen LogP contribution in [0.4, 0.5) is 27.1 Å². The summed E-state index contributed by atoms with van der Waals surface area (Å²) in [5.74, 6) is -11.7. The molecule has 0 radical (unpaired) electrons. The van der Waals surface area contributed by atoms with Crippen LogP contribution in [0.15, 0.2) is 34.5 Å². The number of nitrogens with zero attached hydrogens (tertiary/aromatic N) is 3. The number of thiazole rings is 1. The standard InChI is InChI=1S/C21H18F5N3O2S2/c1-12-4-2-3-5-13(12)10-14-11-32-21(27-14)28-6-8-29(9-7-28)33(30,31)20-18(25)16(23)15(22)17(24)19(20)26/h2-5,11H,6-10H2,1H3. The van der Waals surface area contributed by atoms with Crippen LogP contribution in [0.3, 0.4) is 0 Å². The van der Waals surface area contributed by atoms with E-state index >= 15 is 0 Å². The average molecular weight is 504 g/mol. The van der Waals surface area contributed by atoms with Crippen molar-refractivity contribution in [2.75, 3.05) is 31.1 Å². The van der Waals surface area contributed by atoms with Crippen molar-refractivity contribution < 1.29 is 30.4 Å². The van der Waals surface area contributed by atoms with E-state index < -0.39 is 44.0 Å². The van der Waals surface area contributed by atoms with Gasteiger partial charge in [0.1, 0.15) is 0 Å². The lowest BCUT2D eigenvalue weighted by atomic mass is 10.1. The number of sulfonamides is 1. The lowest BCUT2D eigenvalue weighted by Crippen LogP contribution is -2.49. The van der Waals surface area contributed by atoms with E-state index in [1.807, 2.05) is 41.5 Å². The second-order valence-electron chi connectivity index (χ2n) is 7.51. The van der Waals surface area contributed by atoms with E-state index in [9.17, 15) is 30.4 Å². The van der Waals surface area contributed by atoms with Gasteiger partial charge in [-0.2, -0.15) is 4.31 Å². The minimum atomic E-state index is -4.94. The van der Waals surface area contributed by atoms with Crippen LogP contribution in [0.2, 0.25) is 0 Å². The Morgan fingerprint density at radius 2 is 1.48 bits per heavy atom. The molecule has 2 aromatic carbocycles. The van der Waals surface area contributed by atoms with Crippen LogP contribution in [0.1, 0.15) is 16.8 Å². The van der Waals surface area contributed by atoms with Gasteiger partial charge in [-0.25, -0.2) is 35.4 Å². The van der Waals surface area contributed by atoms with E-state index in [1.54, 1.807) is 0 Å². The fourth-order valence-electron chi connectivity index (χ4n) is 3.59. The predicted molar refractivity (Wildman–Crippen MR) is 113 cm³/mol. The van der Waals surface area contributed by atoms with E-state index in [-0.39, 0.29) is 26.2 Å². The number of hydrogen-bond acceptors (Lipinski definition) is 5. The number of aryl methyl sites for hydroxylation is 1. The topological polar surface area (TPSA) is 53.5 Å². The van der Waals surface area contributed by atoms with Crippen LogP contribution in [0.5, 0.6) is 0 Å². The minimum absolute atomic E-state index is 0.145. The Kier molecular flexibility index (Phi) is 6.43. The Morgan fingerprint density at radius 1 is 0.909 bits per heavy atom. The molecular formula is C21H18F5N3O2S2. The molecule has 0 amide bonds. The Labute approximate surface area is 191 Å². The first-order valence-corrected chi connectivity index (χ1v) is 12.2. The molecular weight excluding hydrogens is 485 g/mol. The summed E-state index contributed by atoms with van der Waals surface area (Å²) in [6.45, 7) is 1.90. The van der Waals surface area contributed by atoms with Crippen molar-refractivity contribution >= 4 is 26.5 Å². The molecule has 0 bridgehead atoms. The number of anilines is 1. The van der Waals surface area contributed by atoms with Crippen molar-refractivity contribution in [3.05, 3.63) is 75.6 Å². The fourth-order valence-corrected chi connectivity index (χ4v) is 6.00. The Morgan fingerprint density at radius 3 is 2.09 bits per heavy atom. The molecule has 0 unspecified atom stereocenters. The Bertz CT molecular complexity index is 1280. The Balaban J connectivity index is 1.49. The molecule has 1 fully saturated rings. The highest BCUT2D eigenvalue weighted by atomic mass is 32.2. The second-order valence-corrected chi connectivity index (χ2v) is 10.2. The normalized spacial score (nSPS) is 15.3. The molecule has 0 N–H and O–H groups in total. The molecule has 0 atom stereocenters. The van der Waals surface area contributed by atoms with Crippen LogP contribution in [0, 0.1) is 36.0 Å². The van der Waals surface area contributed by atoms with Crippen LogP contribution < -0.4 is 4.90 Å². The van der Waals surface area contributed by atoms with Crippen LogP contribution >= 0.6 is 11.3 Å². The summed E-state index contributed by atoms with van der Waals surface area (Å²) < 4.78 is 94.5. The fraction of sp³-hybridized carbons (Fsp3) is 0.286. The van der Waals surface area contributed by atoms with Gasteiger partial charge in [0, 0.05) is 38.0 Å². The van der Waals surface area contributed by atoms with Gasteiger partial charge in [-0.3, -0.25) is 0 Å². The van der Waals surface area contributed by atoms with E-state index in [2.05, 4.69) is 4.98 Å². The average Bonchev–Trinajstić information content (AvgIpc) is 3.26. The summed E-state index contributed by atoms with van der Waals surface area (Å²) in [5, 5.41) is 2.56. The molecule has 1 aromatic heterocycles. The molecule has 4 rings (SSSR count). The largest absolute Gasteiger partial charge is 0.345 e. The van der Waals surface area contributed by atoms with Gasteiger partial charge in [0.2, 0.25) is 15.8 Å². The van der Waals surface area contributed by atoms with Gasteiger partial charge in [-0.05, 0) is 18.1 Å². The van der Waals surface area contributed by atoms with E-state index in [0.29, 0.717) is 15.9 Å². The number of halogens is 5. The van der Waals surface area contributed by atoms with Crippen molar-refractivity contribution in [2.24, 2.45) is 0 Å². The van der Waals surface area contributed by atoms with Gasteiger partial charge in [-0.1, -0.05) is 24.3 Å². The monoisotopic (exact) mass is 503 g/mol. The van der Waals surface area contributed by atoms with Gasteiger partial charge >= 0.3 is 0 Å². The smallest absolute Gasteiger partial charge is 0.249 e. The summed E-state index contributed by atoms with van der Waals surface area (Å²) in [4.78, 5) is 4.58. The quantitative estimate of drug-likeness (QED) is 0.297. The maximum atomic E-state index is 14.1. The summed E-state index contributed by atoms with van der Waals surface area (Å²) >= 11 is 1.38.